The van der Waals surface area contributed by atoms with Crippen LogP contribution in [0.15, 0.2) is 24.8 Å². The number of hydrogen-bond acceptors (Lipinski definition) is 5. The van der Waals surface area contributed by atoms with Crippen LogP contribution in [-0.2, 0) is 9.84 Å². The summed E-state index contributed by atoms with van der Waals surface area (Å²) in [5, 5.41) is 7.50. The van der Waals surface area contributed by atoms with Crippen molar-refractivity contribution >= 4 is 15.4 Å². The minimum atomic E-state index is -2.90. The fourth-order valence-corrected chi connectivity index (χ4v) is 3.12. The molecule has 7 heteroatoms. The van der Waals surface area contributed by atoms with Crippen molar-refractivity contribution in [3.05, 3.63) is 30.4 Å². The van der Waals surface area contributed by atoms with Crippen molar-refractivity contribution in [1.29, 1.82) is 0 Å². The maximum atomic E-state index is 11.5. The lowest BCUT2D eigenvalue weighted by Gasteiger charge is -2.14. The number of sulfone groups is 1. The number of fused-ring (bicyclic) bond motifs is 1. The molecule has 2 rings (SSSR count). The van der Waals surface area contributed by atoms with Crippen molar-refractivity contribution in [1.82, 2.24) is 19.9 Å². The highest BCUT2D eigenvalue weighted by molar-refractivity contribution is 7.91. The lowest BCUT2D eigenvalue weighted by Crippen LogP contribution is -2.18. The number of nitrogens with zero attached hydrogens (tertiary/aromatic N) is 3. The molecule has 110 valence electrons. The van der Waals surface area contributed by atoms with Crippen LogP contribution in [0.3, 0.4) is 0 Å². The number of aromatic nitrogens is 3. The van der Waals surface area contributed by atoms with E-state index in [2.05, 4.69) is 15.4 Å². The van der Waals surface area contributed by atoms with Crippen LogP contribution >= 0.6 is 0 Å². The highest BCUT2D eigenvalue weighted by Crippen LogP contribution is 2.22. The van der Waals surface area contributed by atoms with Gasteiger partial charge in [-0.15, -0.1) is 0 Å². The first-order chi connectivity index (χ1) is 9.57. The van der Waals surface area contributed by atoms with Gasteiger partial charge in [0.05, 0.1) is 23.7 Å². The lowest BCUT2D eigenvalue weighted by molar-refractivity contribution is 0.538. The summed E-state index contributed by atoms with van der Waals surface area (Å²) in [6.07, 6.45) is 8.46. The van der Waals surface area contributed by atoms with Crippen molar-refractivity contribution in [2.75, 3.05) is 18.6 Å². The third-order valence-electron chi connectivity index (χ3n) is 3.47. The molecule has 2 aromatic heterocycles. The first kappa shape index (κ1) is 14.9. The van der Waals surface area contributed by atoms with E-state index >= 15 is 0 Å². The van der Waals surface area contributed by atoms with Crippen LogP contribution in [0, 0.1) is 0 Å². The summed E-state index contributed by atoms with van der Waals surface area (Å²) in [6, 6.07) is 0.0868. The molecule has 0 saturated heterocycles. The van der Waals surface area contributed by atoms with E-state index in [9.17, 15) is 8.42 Å². The fraction of sp³-hybridized carbons (Fsp3) is 0.538. The van der Waals surface area contributed by atoms with Crippen molar-refractivity contribution < 1.29 is 8.42 Å². The number of nitrogens with one attached hydrogen (secondary N) is 1. The standard InChI is InChI=1S/C13H20N4O2S/c1-3-20(18,19)8-4-5-12(14-2)11-9-16-17-7-6-15-10-13(11)17/h6-7,9-10,12,14H,3-5,8H2,1-2H3. The third kappa shape index (κ3) is 3.34. The molecule has 2 aromatic rings. The summed E-state index contributed by atoms with van der Waals surface area (Å²) in [5.74, 6) is 0.441. The fourth-order valence-electron chi connectivity index (χ4n) is 2.23. The summed E-state index contributed by atoms with van der Waals surface area (Å²) < 4.78 is 24.8. The van der Waals surface area contributed by atoms with Gasteiger partial charge in [0.15, 0.2) is 0 Å². The minimum Gasteiger partial charge on any atom is -0.313 e. The van der Waals surface area contributed by atoms with Crippen molar-refractivity contribution in [3.63, 3.8) is 0 Å². The summed E-state index contributed by atoms with van der Waals surface area (Å²) >= 11 is 0. The predicted molar refractivity (Wildman–Crippen MR) is 78.3 cm³/mol. The number of rotatable bonds is 7. The molecule has 0 saturated carbocycles. The van der Waals surface area contributed by atoms with Crippen molar-refractivity contribution in [3.8, 4) is 0 Å². The molecule has 1 unspecified atom stereocenters. The average molecular weight is 296 g/mol. The molecule has 6 nitrogen and oxygen atoms in total. The van der Waals surface area contributed by atoms with Crippen LogP contribution in [0.25, 0.3) is 5.52 Å². The minimum absolute atomic E-state index is 0.0868. The topological polar surface area (TPSA) is 76.4 Å². The summed E-state index contributed by atoms with van der Waals surface area (Å²) in [5.41, 5.74) is 2.00. The Morgan fingerprint density at radius 3 is 2.90 bits per heavy atom. The Kier molecular flexibility index (Phi) is 4.72. The predicted octanol–water partition coefficient (Wildman–Crippen LogP) is 1.20. The summed E-state index contributed by atoms with van der Waals surface area (Å²) in [7, 11) is -1.02. The van der Waals surface area contributed by atoms with E-state index in [0.717, 1.165) is 17.5 Å². The molecule has 0 aliphatic rings. The Bertz CT molecular complexity index is 666. The molecule has 0 radical (unpaired) electrons. The quantitative estimate of drug-likeness (QED) is 0.831. The summed E-state index contributed by atoms with van der Waals surface area (Å²) in [6.45, 7) is 1.68. The molecule has 1 N–H and O–H groups in total. The second-order valence-corrected chi connectivity index (χ2v) is 7.20. The maximum Gasteiger partial charge on any atom is 0.150 e. The lowest BCUT2D eigenvalue weighted by atomic mass is 10.0. The Morgan fingerprint density at radius 2 is 2.20 bits per heavy atom. The van der Waals surface area contributed by atoms with E-state index in [4.69, 9.17) is 0 Å². The van der Waals surface area contributed by atoms with Gasteiger partial charge in [0.2, 0.25) is 0 Å². The zero-order valence-corrected chi connectivity index (χ0v) is 12.6. The van der Waals surface area contributed by atoms with Gasteiger partial charge in [0.1, 0.15) is 9.84 Å². The molecule has 0 fully saturated rings. The molecule has 0 aliphatic heterocycles. The molecule has 2 heterocycles. The van der Waals surface area contributed by atoms with Crippen LogP contribution in [0.4, 0.5) is 0 Å². The second-order valence-electron chi connectivity index (χ2n) is 4.73. The van der Waals surface area contributed by atoms with Gasteiger partial charge in [0.25, 0.3) is 0 Å². The van der Waals surface area contributed by atoms with Crippen LogP contribution < -0.4 is 5.32 Å². The van der Waals surface area contributed by atoms with E-state index in [0.29, 0.717) is 6.42 Å². The number of hydrogen-bond donors (Lipinski definition) is 1. The van der Waals surface area contributed by atoms with E-state index in [1.54, 1.807) is 30.0 Å². The molecule has 0 aromatic carbocycles. The van der Waals surface area contributed by atoms with Crippen molar-refractivity contribution in [2.45, 2.75) is 25.8 Å². The largest absolute Gasteiger partial charge is 0.313 e. The highest BCUT2D eigenvalue weighted by Gasteiger charge is 2.16. The first-order valence-electron chi connectivity index (χ1n) is 6.72. The normalized spacial score (nSPS) is 13.7. The monoisotopic (exact) mass is 296 g/mol. The Labute approximate surface area is 119 Å². The molecular weight excluding hydrogens is 276 g/mol. The third-order valence-corrected chi connectivity index (χ3v) is 5.26. The SMILES string of the molecule is CCS(=O)(=O)CCCC(NC)c1cnn2ccncc12. The molecule has 0 bridgehead atoms. The van der Waals surface area contributed by atoms with Crippen LogP contribution in [-0.4, -0.2) is 41.6 Å². The van der Waals surface area contributed by atoms with E-state index in [1.165, 1.54) is 0 Å². The molecule has 0 aliphatic carbocycles. The average Bonchev–Trinajstić information content (AvgIpc) is 2.87. The maximum absolute atomic E-state index is 11.5. The highest BCUT2D eigenvalue weighted by atomic mass is 32.2. The van der Waals surface area contributed by atoms with E-state index in [1.807, 2.05) is 13.2 Å². The molecule has 1 atom stereocenters. The summed E-state index contributed by atoms with van der Waals surface area (Å²) in [4.78, 5) is 4.11. The van der Waals surface area contributed by atoms with Gasteiger partial charge in [-0.05, 0) is 19.9 Å². The first-order valence-corrected chi connectivity index (χ1v) is 8.54. The van der Waals surface area contributed by atoms with Gasteiger partial charge in [-0.25, -0.2) is 12.9 Å². The molecule has 0 spiro atoms. The van der Waals surface area contributed by atoms with Gasteiger partial charge in [-0.3, -0.25) is 4.98 Å². The van der Waals surface area contributed by atoms with Gasteiger partial charge in [0, 0.05) is 29.8 Å². The van der Waals surface area contributed by atoms with Crippen molar-refractivity contribution in [2.24, 2.45) is 0 Å². The van der Waals surface area contributed by atoms with Gasteiger partial charge >= 0.3 is 0 Å². The molecule has 20 heavy (non-hydrogen) atoms. The van der Waals surface area contributed by atoms with Gasteiger partial charge in [-0.2, -0.15) is 5.10 Å². The van der Waals surface area contributed by atoms with Crippen LogP contribution in [0.1, 0.15) is 31.4 Å². The molecular formula is C13H20N4O2S. The Morgan fingerprint density at radius 1 is 1.40 bits per heavy atom. The van der Waals surface area contributed by atoms with Crippen LogP contribution in [0.2, 0.25) is 0 Å². The Hall–Kier alpha value is -1.47. The smallest absolute Gasteiger partial charge is 0.150 e. The molecule has 0 amide bonds. The van der Waals surface area contributed by atoms with Crippen LogP contribution in [0.5, 0.6) is 0 Å². The zero-order valence-electron chi connectivity index (χ0n) is 11.8. The van der Waals surface area contributed by atoms with Gasteiger partial charge in [-0.1, -0.05) is 6.92 Å². The second kappa shape index (κ2) is 6.32. The van der Waals surface area contributed by atoms with Gasteiger partial charge < -0.3 is 5.32 Å². The Balaban J connectivity index is 2.09. The van der Waals surface area contributed by atoms with E-state index < -0.39 is 9.84 Å². The zero-order chi connectivity index (χ0) is 14.6. The van der Waals surface area contributed by atoms with E-state index in [-0.39, 0.29) is 17.5 Å².